The SMILES string of the molecule is CC(C)C[C@@H](NS(=O)(=O)CCCc1ccccc1)C(=O)N1CCOCC1. The molecule has 1 aromatic rings. The molecule has 26 heavy (non-hydrogen) atoms. The predicted molar refractivity (Wildman–Crippen MR) is 102 cm³/mol. The van der Waals surface area contributed by atoms with Gasteiger partial charge in [0.25, 0.3) is 0 Å². The van der Waals surface area contributed by atoms with Crippen LogP contribution in [0.3, 0.4) is 0 Å². The Kier molecular flexibility index (Phi) is 8.06. The summed E-state index contributed by atoms with van der Waals surface area (Å²) in [7, 11) is -3.51. The first-order valence-electron chi connectivity index (χ1n) is 9.28. The summed E-state index contributed by atoms with van der Waals surface area (Å²) >= 11 is 0. The van der Waals surface area contributed by atoms with Crippen LogP contribution >= 0.6 is 0 Å². The molecule has 0 aliphatic carbocycles. The van der Waals surface area contributed by atoms with Crippen molar-refractivity contribution in [2.24, 2.45) is 5.92 Å². The van der Waals surface area contributed by atoms with Gasteiger partial charge in [-0.05, 0) is 30.7 Å². The van der Waals surface area contributed by atoms with Crippen molar-refractivity contribution in [2.45, 2.75) is 39.2 Å². The standard InChI is InChI=1S/C19H30N2O4S/c1-16(2)15-18(19(22)21-10-12-25-13-11-21)20-26(23,24)14-6-9-17-7-4-3-5-8-17/h3-5,7-8,16,18,20H,6,9-15H2,1-2H3/t18-/m1/s1. The van der Waals surface area contributed by atoms with Gasteiger partial charge in [0.05, 0.1) is 19.0 Å². The van der Waals surface area contributed by atoms with Gasteiger partial charge in [-0.1, -0.05) is 44.2 Å². The molecular formula is C19H30N2O4S. The molecule has 1 atom stereocenters. The Morgan fingerprint density at radius 1 is 1.19 bits per heavy atom. The Hall–Kier alpha value is -1.44. The molecule has 146 valence electrons. The molecular weight excluding hydrogens is 352 g/mol. The van der Waals surface area contributed by atoms with E-state index in [0.717, 1.165) is 5.56 Å². The molecule has 0 unspecified atom stereocenters. The van der Waals surface area contributed by atoms with E-state index in [1.165, 1.54) is 0 Å². The third-order valence-electron chi connectivity index (χ3n) is 4.37. The molecule has 0 aromatic heterocycles. The summed E-state index contributed by atoms with van der Waals surface area (Å²) in [6, 6.07) is 9.11. The fraction of sp³-hybridized carbons (Fsp3) is 0.632. The van der Waals surface area contributed by atoms with Crippen LogP contribution in [0.5, 0.6) is 0 Å². The number of aryl methyl sites for hydroxylation is 1. The number of morpholine rings is 1. The first-order valence-corrected chi connectivity index (χ1v) is 10.9. The lowest BCUT2D eigenvalue weighted by molar-refractivity contribution is -0.137. The summed E-state index contributed by atoms with van der Waals surface area (Å²) in [5, 5.41) is 0. The first-order chi connectivity index (χ1) is 12.4. The van der Waals surface area contributed by atoms with Gasteiger partial charge < -0.3 is 9.64 Å². The number of rotatable bonds is 9. The van der Waals surface area contributed by atoms with E-state index in [2.05, 4.69) is 4.72 Å². The minimum atomic E-state index is -3.51. The highest BCUT2D eigenvalue weighted by atomic mass is 32.2. The highest BCUT2D eigenvalue weighted by Gasteiger charge is 2.29. The summed E-state index contributed by atoms with van der Waals surface area (Å²) in [4.78, 5) is 14.4. The van der Waals surface area contributed by atoms with Gasteiger partial charge in [-0.2, -0.15) is 0 Å². The summed E-state index contributed by atoms with van der Waals surface area (Å²) in [6.07, 6.45) is 1.72. The van der Waals surface area contributed by atoms with Gasteiger partial charge in [0.15, 0.2) is 0 Å². The molecule has 1 N–H and O–H groups in total. The number of amides is 1. The van der Waals surface area contributed by atoms with Gasteiger partial charge in [0.1, 0.15) is 6.04 Å². The van der Waals surface area contributed by atoms with Crippen molar-refractivity contribution in [3.63, 3.8) is 0 Å². The summed E-state index contributed by atoms with van der Waals surface area (Å²) in [5.41, 5.74) is 1.12. The van der Waals surface area contributed by atoms with Crippen LogP contribution in [0, 0.1) is 5.92 Å². The van der Waals surface area contributed by atoms with E-state index in [-0.39, 0.29) is 17.6 Å². The molecule has 0 bridgehead atoms. The number of carbonyl (C=O) groups is 1. The van der Waals surface area contributed by atoms with Crippen LogP contribution in [-0.2, 0) is 26.0 Å². The lowest BCUT2D eigenvalue weighted by atomic mass is 10.0. The van der Waals surface area contributed by atoms with Crippen LogP contribution < -0.4 is 4.72 Å². The van der Waals surface area contributed by atoms with Crippen molar-refractivity contribution in [2.75, 3.05) is 32.1 Å². The normalized spacial score (nSPS) is 16.7. The second-order valence-electron chi connectivity index (χ2n) is 7.15. The fourth-order valence-corrected chi connectivity index (χ4v) is 4.33. The van der Waals surface area contributed by atoms with Gasteiger partial charge in [-0.15, -0.1) is 0 Å². The Balaban J connectivity index is 1.93. The van der Waals surface area contributed by atoms with E-state index in [1.807, 2.05) is 44.2 Å². The van der Waals surface area contributed by atoms with Crippen molar-refractivity contribution in [3.05, 3.63) is 35.9 Å². The Bertz CT molecular complexity index is 655. The van der Waals surface area contributed by atoms with E-state index < -0.39 is 16.1 Å². The van der Waals surface area contributed by atoms with Crippen molar-refractivity contribution < 1.29 is 17.9 Å². The molecule has 1 fully saturated rings. The zero-order valence-corrected chi connectivity index (χ0v) is 16.5. The lowest BCUT2D eigenvalue weighted by Gasteiger charge is -2.31. The zero-order valence-electron chi connectivity index (χ0n) is 15.7. The third kappa shape index (κ3) is 7.05. The molecule has 7 heteroatoms. The zero-order chi connectivity index (χ0) is 19.0. The molecule has 0 saturated carbocycles. The molecule has 6 nitrogen and oxygen atoms in total. The van der Waals surface area contributed by atoms with E-state index >= 15 is 0 Å². The number of sulfonamides is 1. The summed E-state index contributed by atoms with van der Waals surface area (Å²) in [5.74, 6) is 0.0954. The number of nitrogens with zero attached hydrogens (tertiary/aromatic N) is 1. The van der Waals surface area contributed by atoms with Crippen LogP contribution in [0.2, 0.25) is 0 Å². The first kappa shape index (κ1) is 20.9. The fourth-order valence-electron chi connectivity index (χ4n) is 3.06. The van der Waals surface area contributed by atoms with Gasteiger partial charge in [-0.25, -0.2) is 13.1 Å². The maximum Gasteiger partial charge on any atom is 0.240 e. The van der Waals surface area contributed by atoms with Gasteiger partial charge in [0, 0.05) is 13.1 Å². The monoisotopic (exact) mass is 382 g/mol. The summed E-state index contributed by atoms with van der Waals surface area (Å²) < 4.78 is 32.9. The Labute approximate surface area is 157 Å². The molecule has 1 aromatic carbocycles. The molecule has 1 saturated heterocycles. The predicted octanol–water partition coefficient (Wildman–Crippen LogP) is 1.81. The number of ether oxygens (including phenoxy) is 1. The number of hydrogen-bond acceptors (Lipinski definition) is 4. The van der Waals surface area contributed by atoms with Crippen molar-refractivity contribution in [3.8, 4) is 0 Å². The number of carbonyl (C=O) groups excluding carboxylic acids is 1. The maximum atomic E-state index is 12.8. The van der Waals surface area contributed by atoms with Crippen LogP contribution in [0.15, 0.2) is 30.3 Å². The highest BCUT2D eigenvalue weighted by molar-refractivity contribution is 7.89. The van der Waals surface area contributed by atoms with Crippen molar-refractivity contribution in [1.82, 2.24) is 9.62 Å². The Morgan fingerprint density at radius 3 is 2.46 bits per heavy atom. The highest BCUT2D eigenvalue weighted by Crippen LogP contribution is 2.12. The van der Waals surface area contributed by atoms with Crippen LogP contribution in [0.4, 0.5) is 0 Å². The molecule has 1 heterocycles. The van der Waals surface area contributed by atoms with Gasteiger partial charge >= 0.3 is 0 Å². The largest absolute Gasteiger partial charge is 0.378 e. The minimum absolute atomic E-state index is 0.0207. The smallest absolute Gasteiger partial charge is 0.240 e. The molecule has 1 amide bonds. The van der Waals surface area contributed by atoms with E-state index in [1.54, 1.807) is 4.90 Å². The third-order valence-corrected chi connectivity index (χ3v) is 5.84. The van der Waals surface area contributed by atoms with Crippen LogP contribution in [0.25, 0.3) is 0 Å². The topological polar surface area (TPSA) is 75.7 Å². The maximum absolute atomic E-state index is 12.8. The summed E-state index contributed by atoms with van der Waals surface area (Å²) in [6.45, 7) is 6.02. The molecule has 0 spiro atoms. The van der Waals surface area contributed by atoms with E-state index in [4.69, 9.17) is 4.74 Å². The molecule has 1 aliphatic heterocycles. The second kappa shape index (κ2) is 10.0. The van der Waals surface area contributed by atoms with Crippen molar-refractivity contribution >= 4 is 15.9 Å². The quantitative estimate of drug-likeness (QED) is 0.707. The van der Waals surface area contributed by atoms with Crippen molar-refractivity contribution in [1.29, 1.82) is 0 Å². The molecule has 2 rings (SSSR count). The number of nitrogens with one attached hydrogen (secondary N) is 1. The minimum Gasteiger partial charge on any atom is -0.378 e. The Morgan fingerprint density at radius 2 is 1.85 bits per heavy atom. The number of benzene rings is 1. The average molecular weight is 383 g/mol. The van der Waals surface area contributed by atoms with E-state index in [9.17, 15) is 13.2 Å². The average Bonchev–Trinajstić information content (AvgIpc) is 2.61. The van der Waals surface area contributed by atoms with Gasteiger partial charge in [-0.3, -0.25) is 4.79 Å². The number of hydrogen-bond donors (Lipinski definition) is 1. The van der Waals surface area contributed by atoms with E-state index in [0.29, 0.717) is 45.6 Å². The molecule has 1 aliphatic rings. The second-order valence-corrected chi connectivity index (χ2v) is 9.02. The van der Waals surface area contributed by atoms with Gasteiger partial charge in [0.2, 0.25) is 15.9 Å². The van der Waals surface area contributed by atoms with Crippen LogP contribution in [0.1, 0.15) is 32.3 Å². The lowest BCUT2D eigenvalue weighted by Crippen LogP contribution is -2.52. The molecule has 0 radical (unpaired) electrons. The van der Waals surface area contributed by atoms with Crippen LogP contribution in [-0.4, -0.2) is 57.3 Å².